The molecule has 1 unspecified atom stereocenters. The summed E-state index contributed by atoms with van der Waals surface area (Å²) in [6, 6.07) is 2.01. The van der Waals surface area contributed by atoms with E-state index < -0.39 is 11.9 Å². The maximum atomic E-state index is 12.3. The molecule has 20 heavy (non-hydrogen) atoms. The van der Waals surface area contributed by atoms with Gasteiger partial charge in [-0.3, -0.25) is 4.79 Å². The third-order valence-corrected chi connectivity index (χ3v) is 2.73. The smallest absolute Gasteiger partial charge is 0.330 e. The molecule has 0 radical (unpaired) electrons. The largest absolute Gasteiger partial charge is 0.433 e. The Morgan fingerprint density at radius 1 is 1.40 bits per heavy atom. The molecule has 0 aromatic carbocycles. The van der Waals surface area contributed by atoms with Crippen molar-refractivity contribution in [3.8, 4) is 0 Å². The predicted octanol–water partition coefficient (Wildman–Crippen LogP) is 2.66. The molecule has 112 valence electrons. The van der Waals surface area contributed by atoms with E-state index in [0.29, 0.717) is 12.3 Å². The molecule has 0 aliphatic carbocycles. The third-order valence-electron chi connectivity index (χ3n) is 2.73. The molecule has 1 amide bonds. The topological polar surface area (TPSA) is 68.0 Å². The van der Waals surface area contributed by atoms with Gasteiger partial charge in [0.25, 0.3) is 0 Å². The number of rotatable bonds is 5. The summed E-state index contributed by atoms with van der Waals surface area (Å²) in [6.07, 6.45) is -2.87. The van der Waals surface area contributed by atoms with Gasteiger partial charge in [-0.25, -0.2) is 4.98 Å². The molecule has 1 aromatic rings. The van der Waals surface area contributed by atoms with E-state index >= 15 is 0 Å². The Balaban J connectivity index is 2.70. The van der Waals surface area contributed by atoms with Crippen molar-refractivity contribution >= 4 is 11.6 Å². The number of alkyl halides is 3. The fourth-order valence-electron chi connectivity index (χ4n) is 1.76. The van der Waals surface area contributed by atoms with E-state index in [9.17, 15) is 18.0 Å². The number of nitrogens with zero attached hydrogens (tertiary/aromatic N) is 1. The van der Waals surface area contributed by atoms with E-state index in [1.54, 1.807) is 0 Å². The van der Waals surface area contributed by atoms with Gasteiger partial charge in [0.2, 0.25) is 5.91 Å². The number of pyridine rings is 1. The van der Waals surface area contributed by atoms with Gasteiger partial charge in [0.15, 0.2) is 0 Å². The molecule has 0 aliphatic heterocycles. The first-order chi connectivity index (χ1) is 9.24. The van der Waals surface area contributed by atoms with Gasteiger partial charge in [0, 0.05) is 6.54 Å². The summed E-state index contributed by atoms with van der Waals surface area (Å²) in [5, 5.41) is 2.53. The molecule has 1 rings (SSSR count). The van der Waals surface area contributed by atoms with Crippen LogP contribution in [0.2, 0.25) is 0 Å². The number of hydrogen-bond donors (Lipinski definition) is 2. The average molecular weight is 289 g/mol. The van der Waals surface area contributed by atoms with Crippen LogP contribution in [0.1, 0.15) is 26.0 Å². The number of halogens is 3. The summed E-state index contributed by atoms with van der Waals surface area (Å²) in [5.41, 5.74) is 4.77. The quantitative estimate of drug-likeness (QED) is 0.875. The first-order valence-electron chi connectivity index (χ1n) is 6.28. The molecule has 0 saturated carbocycles. The van der Waals surface area contributed by atoms with Crippen LogP contribution in [0.5, 0.6) is 0 Å². The minimum atomic E-state index is -4.49. The first-order valence-corrected chi connectivity index (χ1v) is 6.28. The lowest BCUT2D eigenvalue weighted by Gasteiger charge is -2.16. The number of anilines is 1. The molecule has 0 spiro atoms. The second-order valence-electron chi connectivity index (χ2n) is 4.98. The van der Waals surface area contributed by atoms with Crippen LogP contribution in [0, 0.1) is 11.8 Å². The van der Waals surface area contributed by atoms with E-state index in [0.717, 1.165) is 12.3 Å². The van der Waals surface area contributed by atoms with Crippen molar-refractivity contribution in [2.45, 2.75) is 26.4 Å². The Bertz CT molecular complexity index is 443. The average Bonchev–Trinajstić information content (AvgIpc) is 2.35. The van der Waals surface area contributed by atoms with E-state index in [1.807, 2.05) is 13.8 Å². The van der Waals surface area contributed by atoms with Gasteiger partial charge in [-0.2, -0.15) is 13.2 Å². The number of nitrogens with two attached hydrogens (primary N) is 1. The summed E-state index contributed by atoms with van der Waals surface area (Å²) in [5.74, 6) is -0.361. The third kappa shape index (κ3) is 4.80. The van der Waals surface area contributed by atoms with Gasteiger partial charge < -0.3 is 11.1 Å². The molecule has 0 bridgehead atoms. The molecule has 4 nitrogen and oxygen atoms in total. The van der Waals surface area contributed by atoms with Crippen molar-refractivity contribution in [3.05, 3.63) is 24.0 Å². The standard InChI is InChI=1S/C13H18F3N3O/c1-8(2)5-9(6-17)12(20)19-10-3-4-11(18-7-10)13(14,15)16/h3-4,7-9H,5-6,17H2,1-2H3,(H,19,20). The van der Waals surface area contributed by atoms with E-state index in [4.69, 9.17) is 5.73 Å². The van der Waals surface area contributed by atoms with Crippen LogP contribution in [0.3, 0.4) is 0 Å². The molecule has 0 fully saturated rings. The fourth-order valence-corrected chi connectivity index (χ4v) is 1.76. The number of nitrogens with one attached hydrogen (secondary N) is 1. The minimum absolute atomic E-state index is 0.193. The molecule has 1 atom stereocenters. The molecule has 1 aromatic heterocycles. The first kappa shape index (κ1) is 16.4. The molecular weight excluding hydrogens is 271 g/mol. The number of carbonyl (C=O) groups excluding carboxylic acids is 1. The maximum Gasteiger partial charge on any atom is 0.433 e. The van der Waals surface area contributed by atoms with Crippen LogP contribution in [-0.2, 0) is 11.0 Å². The van der Waals surface area contributed by atoms with E-state index in [2.05, 4.69) is 10.3 Å². The zero-order valence-electron chi connectivity index (χ0n) is 11.4. The Kier molecular flexibility index (Phi) is 5.50. The number of carbonyl (C=O) groups is 1. The van der Waals surface area contributed by atoms with Crippen molar-refractivity contribution in [2.75, 3.05) is 11.9 Å². The molecule has 1 heterocycles. The second-order valence-corrected chi connectivity index (χ2v) is 4.98. The van der Waals surface area contributed by atoms with Gasteiger partial charge in [-0.1, -0.05) is 13.8 Å². The van der Waals surface area contributed by atoms with Gasteiger partial charge in [0.05, 0.1) is 17.8 Å². The Morgan fingerprint density at radius 2 is 2.05 bits per heavy atom. The summed E-state index contributed by atoms with van der Waals surface area (Å²) in [4.78, 5) is 15.2. The summed E-state index contributed by atoms with van der Waals surface area (Å²) in [6.45, 7) is 4.13. The van der Waals surface area contributed by atoms with Crippen molar-refractivity contribution in [3.63, 3.8) is 0 Å². The predicted molar refractivity (Wildman–Crippen MR) is 69.9 cm³/mol. The molecular formula is C13H18F3N3O. The highest BCUT2D eigenvalue weighted by Gasteiger charge is 2.32. The zero-order chi connectivity index (χ0) is 15.3. The lowest BCUT2D eigenvalue weighted by molar-refractivity contribution is -0.141. The summed E-state index contributed by atoms with van der Waals surface area (Å²) < 4.78 is 37.0. The summed E-state index contributed by atoms with van der Waals surface area (Å²) >= 11 is 0. The van der Waals surface area contributed by atoms with Crippen LogP contribution < -0.4 is 11.1 Å². The van der Waals surface area contributed by atoms with Crippen LogP contribution in [-0.4, -0.2) is 17.4 Å². The van der Waals surface area contributed by atoms with Gasteiger partial charge in [-0.05, 0) is 24.5 Å². The highest BCUT2D eigenvalue weighted by Crippen LogP contribution is 2.27. The molecule has 3 N–H and O–H groups in total. The minimum Gasteiger partial charge on any atom is -0.330 e. The van der Waals surface area contributed by atoms with E-state index in [-0.39, 0.29) is 24.1 Å². The van der Waals surface area contributed by atoms with Gasteiger partial charge in [0.1, 0.15) is 5.69 Å². The highest BCUT2D eigenvalue weighted by atomic mass is 19.4. The number of hydrogen-bond acceptors (Lipinski definition) is 3. The van der Waals surface area contributed by atoms with Gasteiger partial charge >= 0.3 is 6.18 Å². The van der Waals surface area contributed by atoms with Crippen LogP contribution in [0.15, 0.2) is 18.3 Å². The summed E-state index contributed by atoms with van der Waals surface area (Å²) in [7, 11) is 0. The van der Waals surface area contributed by atoms with Crippen LogP contribution in [0.4, 0.5) is 18.9 Å². The Hall–Kier alpha value is -1.63. The number of aromatic nitrogens is 1. The zero-order valence-corrected chi connectivity index (χ0v) is 11.4. The normalized spacial score (nSPS) is 13.3. The van der Waals surface area contributed by atoms with Crippen molar-refractivity contribution in [1.29, 1.82) is 0 Å². The molecule has 0 saturated heterocycles. The Labute approximate surface area is 115 Å². The second kappa shape index (κ2) is 6.69. The highest BCUT2D eigenvalue weighted by molar-refractivity contribution is 5.92. The lowest BCUT2D eigenvalue weighted by Crippen LogP contribution is -2.30. The van der Waals surface area contributed by atoms with Crippen LogP contribution >= 0.6 is 0 Å². The van der Waals surface area contributed by atoms with Crippen molar-refractivity contribution < 1.29 is 18.0 Å². The monoisotopic (exact) mass is 289 g/mol. The number of amides is 1. The van der Waals surface area contributed by atoms with Gasteiger partial charge in [-0.15, -0.1) is 0 Å². The lowest BCUT2D eigenvalue weighted by atomic mass is 9.96. The van der Waals surface area contributed by atoms with Crippen molar-refractivity contribution in [2.24, 2.45) is 17.6 Å². The van der Waals surface area contributed by atoms with E-state index in [1.165, 1.54) is 6.07 Å². The van der Waals surface area contributed by atoms with Crippen LogP contribution in [0.25, 0.3) is 0 Å². The fraction of sp³-hybridized carbons (Fsp3) is 0.538. The SMILES string of the molecule is CC(C)CC(CN)C(=O)Nc1ccc(C(F)(F)F)nc1. The van der Waals surface area contributed by atoms with Crippen molar-refractivity contribution in [1.82, 2.24) is 4.98 Å². The maximum absolute atomic E-state index is 12.3. The molecule has 0 aliphatic rings. The molecule has 7 heteroatoms. The Morgan fingerprint density at radius 3 is 2.45 bits per heavy atom.